The second kappa shape index (κ2) is 5.21. The summed E-state index contributed by atoms with van der Waals surface area (Å²) in [6, 6.07) is 0. The Morgan fingerprint density at radius 2 is 2.06 bits per heavy atom. The molecule has 2 aliphatic rings. The highest BCUT2D eigenvalue weighted by Crippen LogP contribution is 2.29. The maximum absolute atomic E-state index is 5.95. The quantitative estimate of drug-likeness (QED) is 0.815. The summed E-state index contributed by atoms with van der Waals surface area (Å²) in [7, 11) is 0. The maximum atomic E-state index is 5.95. The molecule has 0 spiro atoms. The molecule has 96 valence electrons. The van der Waals surface area contributed by atoms with Crippen LogP contribution in [0.1, 0.15) is 40.0 Å². The molecule has 0 amide bonds. The van der Waals surface area contributed by atoms with E-state index in [4.69, 9.17) is 9.47 Å². The van der Waals surface area contributed by atoms with Gasteiger partial charge < -0.3 is 9.47 Å². The molecule has 2 fully saturated rings. The van der Waals surface area contributed by atoms with Crippen LogP contribution >= 0.6 is 12.4 Å². The molecule has 2 rings (SSSR count). The molecule has 0 radical (unpaired) electrons. The van der Waals surface area contributed by atoms with Gasteiger partial charge in [0.2, 0.25) is 0 Å². The lowest BCUT2D eigenvalue weighted by Crippen LogP contribution is -2.57. The van der Waals surface area contributed by atoms with Crippen molar-refractivity contribution in [2.24, 2.45) is 5.41 Å². The van der Waals surface area contributed by atoms with Gasteiger partial charge in [-0.3, -0.25) is 5.32 Å². The van der Waals surface area contributed by atoms with Crippen LogP contribution in [0.2, 0.25) is 0 Å². The van der Waals surface area contributed by atoms with Crippen LogP contribution < -0.4 is 5.32 Å². The lowest BCUT2D eigenvalue weighted by molar-refractivity contribution is -0.144. The Morgan fingerprint density at radius 1 is 1.31 bits per heavy atom. The summed E-state index contributed by atoms with van der Waals surface area (Å²) in [6.07, 6.45) is 3.75. The Bertz CT molecular complexity index is 217. The molecule has 4 heteroatoms. The number of nitrogens with one attached hydrogen (secondary N) is 1. The van der Waals surface area contributed by atoms with Crippen LogP contribution in [0.3, 0.4) is 0 Å². The highest BCUT2D eigenvalue weighted by Gasteiger charge is 2.37. The van der Waals surface area contributed by atoms with Gasteiger partial charge in [-0.2, -0.15) is 0 Å². The topological polar surface area (TPSA) is 30.5 Å². The molecule has 2 saturated heterocycles. The van der Waals surface area contributed by atoms with Crippen molar-refractivity contribution in [3.8, 4) is 0 Å². The lowest BCUT2D eigenvalue weighted by Gasteiger charge is -2.43. The predicted octanol–water partition coefficient (Wildman–Crippen LogP) is 2.34. The van der Waals surface area contributed by atoms with Crippen LogP contribution in [0, 0.1) is 5.41 Å². The maximum Gasteiger partial charge on any atom is 0.118 e. The van der Waals surface area contributed by atoms with E-state index in [2.05, 4.69) is 26.1 Å². The van der Waals surface area contributed by atoms with Crippen molar-refractivity contribution in [2.75, 3.05) is 19.8 Å². The molecule has 0 bridgehead atoms. The predicted molar refractivity (Wildman–Crippen MR) is 67.0 cm³/mol. The van der Waals surface area contributed by atoms with Gasteiger partial charge in [0, 0.05) is 25.0 Å². The van der Waals surface area contributed by atoms with Crippen molar-refractivity contribution in [3.63, 3.8) is 0 Å². The van der Waals surface area contributed by atoms with Crippen LogP contribution in [0.4, 0.5) is 0 Å². The van der Waals surface area contributed by atoms with E-state index in [1.165, 1.54) is 12.8 Å². The van der Waals surface area contributed by atoms with E-state index in [1.54, 1.807) is 0 Å². The third-order valence-corrected chi connectivity index (χ3v) is 3.36. The van der Waals surface area contributed by atoms with Crippen LogP contribution in [-0.4, -0.2) is 31.6 Å². The second-order valence-corrected chi connectivity index (χ2v) is 5.88. The Balaban J connectivity index is 0.00000128. The van der Waals surface area contributed by atoms with Gasteiger partial charge in [-0.15, -0.1) is 12.4 Å². The van der Waals surface area contributed by atoms with Gasteiger partial charge in [-0.05, 0) is 19.8 Å². The number of rotatable bonds is 2. The largest absolute Gasteiger partial charge is 0.378 e. The second-order valence-electron chi connectivity index (χ2n) is 5.88. The summed E-state index contributed by atoms with van der Waals surface area (Å²) in [5.41, 5.74) is 0.0839. The van der Waals surface area contributed by atoms with E-state index < -0.39 is 0 Å². The van der Waals surface area contributed by atoms with Gasteiger partial charge in [-0.1, -0.05) is 13.8 Å². The summed E-state index contributed by atoms with van der Waals surface area (Å²) in [4.78, 5) is 0. The lowest BCUT2D eigenvalue weighted by atomic mass is 9.91. The van der Waals surface area contributed by atoms with Crippen LogP contribution in [0.5, 0.6) is 0 Å². The first-order valence-electron chi connectivity index (χ1n) is 6.00. The number of hydrogen-bond acceptors (Lipinski definition) is 3. The standard InChI is InChI=1S/C12H23NO2.ClH/c1-11(2)8-13-12(3,15-9-11)7-10-5-4-6-14-10;/h10,13H,4-9H2,1-3H3;1H. The molecule has 0 saturated carbocycles. The summed E-state index contributed by atoms with van der Waals surface area (Å²) >= 11 is 0. The van der Waals surface area contributed by atoms with Crippen molar-refractivity contribution >= 4 is 12.4 Å². The van der Waals surface area contributed by atoms with E-state index >= 15 is 0 Å². The first kappa shape index (κ1) is 14.2. The molecule has 0 aromatic heterocycles. The molecule has 3 nitrogen and oxygen atoms in total. The summed E-state index contributed by atoms with van der Waals surface area (Å²) in [6.45, 7) is 9.38. The van der Waals surface area contributed by atoms with Crippen molar-refractivity contribution in [1.82, 2.24) is 5.32 Å². The van der Waals surface area contributed by atoms with E-state index in [-0.39, 0.29) is 23.5 Å². The van der Waals surface area contributed by atoms with Gasteiger partial charge >= 0.3 is 0 Å². The van der Waals surface area contributed by atoms with E-state index in [0.717, 1.165) is 26.2 Å². The zero-order chi connectivity index (χ0) is 10.9. The molecule has 2 unspecified atom stereocenters. The fourth-order valence-corrected chi connectivity index (χ4v) is 2.25. The Labute approximate surface area is 105 Å². The zero-order valence-corrected chi connectivity index (χ0v) is 11.4. The van der Waals surface area contributed by atoms with E-state index in [0.29, 0.717) is 6.10 Å². The van der Waals surface area contributed by atoms with Gasteiger partial charge in [-0.25, -0.2) is 0 Å². The van der Waals surface area contributed by atoms with Gasteiger partial charge in [0.05, 0.1) is 12.7 Å². The van der Waals surface area contributed by atoms with Crippen LogP contribution in [-0.2, 0) is 9.47 Å². The van der Waals surface area contributed by atoms with Crippen molar-refractivity contribution in [2.45, 2.75) is 51.9 Å². The summed E-state index contributed by atoms with van der Waals surface area (Å²) in [5, 5.41) is 3.51. The van der Waals surface area contributed by atoms with Crippen molar-refractivity contribution in [1.29, 1.82) is 0 Å². The Morgan fingerprint density at radius 3 is 2.56 bits per heavy atom. The minimum atomic E-state index is -0.176. The van der Waals surface area contributed by atoms with Gasteiger partial charge in [0.25, 0.3) is 0 Å². The van der Waals surface area contributed by atoms with Gasteiger partial charge in [0.15, 0.2) is 0 Å². The van der Waals surface area contributed by atoms with Crippen LogP contribution in [0.25, 0.3) is 0 Å². The summed E-state index contributed by atoms with van der Waals surface area (Å²) < 4.78 is 11.6. The SMILES string of the molecule is CC1(C)CNC(C)(CC2CCCO2)OC1.Cl. The fraction of sp³-hybridized carbons (Fsp3) is 1.00. The average Bonchev–Trinajstić information content (AvgIpc) is 2.64. The van der Waals surface area contributed by atoms with Gasteiger partial charge in [0.1, 0.15) is 5.72 Å². The van der Waals surface area contributed by atoms with Crippen molar-refractivity contribution < 1.29 is 9.47 Å². The first-order valence-corrected chi connectivity index (χ1v) is 6.00. The van der Waals surface area contributed by atoms with E-state index in [1.807, 2.05) is 0 Å². The highest BCUT2D eigenvalue weighted by atomic mass is 35.5. The molecular weight excluding hydrogens is 226 g/mol. The number of hydrogen-bond donors (Lipinski definition) is 1. The smallest absolute Gasteiger partial charge is 0.118 e. The normalized spacial score (nSPS) is 38.1. The molecule has 0 aliphatic carbocycles. The molecular formula is C12H24ClNO2. The molecule has 2 heterocycles. The molecule has 2 aliphatic heterocycles. The molecule has 1 N–H and O–H groups in total. The zero-order valence-electron chi connectivity index (χ0n) is 10.5. The monoisotopic (exact) mass is 249 g/mol. The third kappa shape index (κ3) is 3.59. The fourth-order valence-electron chi connectivity index (χ4n) is 2.25. The molecule has 16 heavy (non-hydrogen) atoms. The van der Waals surface area contributed by atoms with E-state index in [9.17, 15) is 0 Å². The third-order valence-electron chi connectivity index (χ3n) is 3.36. The Hall–Kier alpha value is 0.170. The Kier molecular flexibility index (Phi) is 4.64. The molecule has 0 aromatic carbocycles. The number of halogens is 1. The minimum absolute atomic E-state index is 0. The number of ether oxygens (including phenoxy) is 2. The highest BCUT2D eigenvalue weighted by molar-refractivity contribution is 5.85. The first-order chi connectivity index (χ1) is 6.99. The molecule has 0 aromatic rings. The summed E-state index contributed by atoms with van der Waals surface area (Å²) in [5.74, 6) is 0. The average molecular weight is 250 g/mol. The minimum Gasteiger partial charge on any atom is -0.378 e. The van der Waals surface area contributed by atoms with Crippen LogP contribution in [0.15, 0.2) is 0 Å². The molecule has 2 atom stereocenters. The van der Waals surface area contributed by atoms with Crippen molar-refractivity contribution in [3.05, 3.63) is 0 Å².